The van der Waals surface area contributed by atoms with Crippen molar-refractivity contribution >= 4 is 47.0 Å². The number of anilines is 1. The molecule has 0 heterocycles. The van der Waals surface area contributed by atoms with E-state index < -0.39 is 23.8 Å². The van der Waals surface area contributed by atoms with E-state index in [-0.39, 0.29) is 17.6 Å². The number of carbonyl (C=O) groups is 3. The zero-order chi connectivity index (χ0) is 30.5. The van der Waals surface area contributed by atoms with Crippen molar-refractivity contribution in [3.63, 3.8) is 0 Å². The van der Waals surface area contributed by atoms with Crippen molar-refractivity contribution in [2.75, 3.05) is 17.6 Å². The summed E-state index contributed by atoms with van der Waals surface area (Å²) in [6, 6.07) is 21.1. The molecule has 0 aliphatic heterocycles. The minimum atomic E-state index is -0.969. The summed E-state index contributed by atoms with van der Waals surface area (Å²) in [6.45, 7) is 7.82. The Morgan fingerprint density at radius 1 is 0.857 bits per heavy atom. The number of benzene rings is 3. The molecule has 0 aliphatic carbocycles. The van der Waals surface area contributed by atoms with Crippen molar-refractivity contribution in [2.24, 2.45) is 0 Å². The van der Waals surface area contributed by atoms with Crippen molar-refractivity contribution in [1.29, 1.82) is 0 Å². The number of carbonyl (C=O) groups excluding carboxylic acids is 3. The van der Waals surface area contributed by atoms with Gasteiger partial charge in [0.2, 0.25) is 5.91 Å². The third-order valence-corrected chi connectivity index (χ3v) is 7.26. The van der Waals surface area contributed by atoms with Crippen LogP contribution in [0.4, 0.5) is 10.5 Å². The van der Waals surface area contributed by atoms with E-state index >= 15 is 0 Å². The van der Waals surface area contributed by atoms with E-state index in [4.69, 9.17) is 4.74 Å². The highest BCUT2D eigenvalue weighted by Gasteiger charge is 2.35. The summed E-state index contributed by atoms with van der Waals surface area (Å²) < 4.78 is 5.41. The maximum atomic E-state index is 14.1. The fourth-order valence-corrected chi connectivity index (χ4v) is 5.10. The minimum Gasteiger partial charge on any atom is -0.444 e. The van der Waals surface area contributed by atoms with E-state index in [2.05, 4.69) is 30.2 Å². The number of nitrogens with one attached hydrogen (secondary N) is 2. The Kier molecular flexibility index (Phi) is 12.7. The van der Waals surface area contributed by atoms with Crippen LogP contribution in [-0.4, -0.2) is 46.7 Å². The molecule has 0 radical (unpaired) electrons. The molecule has 7 nitrogen and oxygen atoms in total. The van der Waals surface area contributed by atoms with Gasteiger partial charge in [-0.1, -0.05) is 99.7 Å². The third-order valence-electron chi connectivity index (χ3n) is 6.90. The number of alkyl carbamates (subject to hydrolysis) is 1. The van der Waals surface area contributed by atoms with Crippen LogP contribution in [0, 0.1) is 0 Å². The number of amides is 3. The van der Waals surface area contributed by atoms with Gasteiger partial charge in [0.25, 0.3) is 5.91 Å². The summed E-state index contributed by atoms with van der Waals surface area (Å²) in [5.74, 6) is -0.656. The molecule has 0 aliphatic rings. The summed E-state index contributed by atoms with van der Waals surface area (Å²) in [7, 11) is 0. The quantitative estimate of drug-likeness (QED) is 0.134. The maximum absolute atomic E-state index is 14.1. The summed E-state index contributed by atoms with van der Waals surface area (Å²) >= 11 is 4.39. The SMILES string of the molecule is CCCCCCCCN(C(=O)C(CS)NC(=O)OC(C)(C)C)C(C(=O)Nc1ccc2ccccc2c1)c1ccccc1. The Hall–Kier alpha value is -3.52. The lowest BCUT2D eigenvalue weighted by atomic mass is 10.0. The molecule has 226 valence electrons. The molecule has 0 aromatic heterocycles. The molecule has 0 saturated carbocycles. The number of hydrogen-bond acceptors (Lipinski definition) is 5. The standard InChI is InChI=1S/C34H45N3O4S/c1-5-6-7-8-9-15-22-37(32(39)29(24-42)36-33(40)41-34(2,3)4)30(26-17-11-10-12-18-26)31(38)35-28-21-20-25-16-13-14-19-27(25)23-28/h10-14,16-21,23,29-30,42H,5-9,15,22,24H2,1-4H3,(H,35,38)(H,36,40). The molecule has 3 aromatic rings. The van der Waals surface area contributed by atoms with Crippen LogP contribution in [0.15, 0.2) is 72.8 Å². The number of rotatable bonds is 14. The van der Waals surface area contributed by atoms with E-state index in [0.29, 0.717) is 17.8 Å². The predicted molar refractivity (Wildman–Crippen MR) is 174 cm³/mol. The van der Waals surface area contributed by atoms with E-state index in [1.54, 1.807) is 25.7 Å². The molecule has 3 rings (SSSR count). The normalized spacial score (nSPS) is 12.8. The maximum Gasteiger partial charge on any atom is 0.408 e. The Morgan fingerprint density at radius 2 is 1.50 bits per heavy atom. The van der Waals surface area contributed by atoms with Gasteiger partial charge in [-0.25, -0.2) is 4.79 Å². The topological polar surface area (TPSA) is 87.7 Å². The molecule has 0 fully saturated rings. The molecule has 2 N–H and O–H groups in total. The number of fused-ring (bicyclic) bond motifs is 1. The average Bonchev–Trinajstić information content (AvgIpc) is 2.96. The largest absolute Gasteiger partial charge is 0.444 e. The Bertz CT molecular complexity index is 1310. The number of thiol groups is 1. The van der Waals surface area contributed by atoms with Gasteiger partial charge in [-0.15, -0.1) is 0 Å². The van der Waals surface area contributed by atoms with E-state index in [0.717, 1.165) is 42.9 Å². The van der Waals surface area contributed by atoms with E-state index in [9.17, 15) is 14.4 Å². The van der Waals surface area contributed by atoms with E-state index in [1.165, 1.54) is 6.42 Å². The fourth-order valence-electron chi connectivity index (χ4n) is 4.85. The molecule has 2 unspecified atom stereocenters. The second-order valence-electron chi connectivity index (χ2n) is 11.5. The fraction of sp³-hybridized carbons (Fsp3) is 0.441. The van der Waals surface area contributed by atoms with E-state index in [1.807, 2.05) is 72.8 Å². The average molecular weight is 592 g/mol. The van der Waals surface area contributed by atoms with Crippen molar-refractivity contribution < 1.29 is 19.1 Å². The van der Waals surface area contributed by atoms with Gasteiger partial charge in [0.05, 0.1) is 0 Å². The zero-order valence-corrected chi connectivity index (χ0v) is 26.2. The summed E-state index contributed by atoms with van der Waals surface area (Å²) in [5.41, 5.74) is 0.605. The lowest BCUT2D eigenvalue weighted by Crippen LogP contribution is -2.53. The highest BCUT2D eigenvalue weighted by molar-refractivity contribution is 7.80. The molecule has 0 spiro atoms. The molecule has 8 heteroatoms. The lowest BCUT2D eigenvalue weighted by molar-refractivity contribution is -0.140. The van der Waals surface area contributed by atoms with Crippen LogP contribution < -0.4 is 10.6 Å². The van der Waals surface area contributed by atoms with Crippen LogP contribution in [0.3, 0.4) is 0 Å². The van der Waals surface area contributed by atoms with Crippen LogP contribution in [0.25, 0.3) is 10.8 Å². The van der Waals surface area contributed by atoms with Gasteiger partial charge in [-0.2, -0.15) is 12.6 Å². The first-order valence-electron chi connectivity index (χ1n) is 14.9. The molecule has 3 aromatic carbocycles. The Morgan fingerprint density at radius 3 is 2.17 bits per heavy atom. The second kappa shape index (κ2) is 16.2. The van der Waals surface area contributed by atoms with Crippen molar-refractivity contribution in [2.45, 2.75) is 83.9 Å². The number of nitrogens with zero attached hydrogens (tertiary/aromatic N) is 1. The molecule has 3 amide bonds. The monoisotopic (exact) mass is 591 g/mol. The van der Waals surface area contributed by atoms with Crippen molar-refractivity contribution in [3.05, 3.63) is 78.4 Å². The molecule has 42 heavy (non-hydrogen) atoms. The number of ether oxygens (including phenoxy) is 1. The lowest BCUT2D eigenvalue weighted by Gasteiger charge is -2.34. The van der Waals surface area contributed by atoms with Crippen LogP contribution in [0.1, 0.15) is 77.8 Å². The number of hydrogen-bond donors (Lipinski definition) is 3. The summed E-state index contributed by atoms with van der Waals surface area (Å²) in [5, 5.41) is 7.80. The van der Waals surface area contributed by atoms with Gasteiger partial charge in [-0.05, 0) is 55.7 Å². The first-order valence-corrected chi connectivity index (χ1v) is 15.5. The Balaban J connectivity index is 1.92. The van der Waals surface area contributed by atoms with Crippen LogP contribution in [-0.2, 0) is 14.3 Å². The van der Waals surface area contributed by atoms with Crippen molar-refractivity contribution in [1.82, 2.24) is 10.2 Å². The molecule has 2 atom stereocenters. The van der Waals surface area contributed by atoms with Gasteiger partial charge in [-0.3, -0.25) is 9.59 Å². The summed E-state index contributed by atoms with van der Waals surface area (Å²) in [6.07, 6.45) is 5.47. The van der Waals surface area contributed by atoms with Gasteiger partial charge in [0, 0.05) is 18.0 Å². The molecular formula is C34H45N3O4S. The predicted octanol–water partition coefficient (Wildman–Crippen LogP) is 7.53. The highest BCUT2D eigenvalue weighted by Crippen LogP contribution is 2.27. The van der Waals surface area contributed by atoms with Crippen LogP contribution in [0.2, 0.25) is 0 Å². The minimum absolute atomic E-state index is 0.0544. The van der Waals surface area contributed by atoms with Gasteiger partial charge in [0.1, 0.15) is 17.7 Å². The van der Waals surface area contributed by atoms with Crippen LogP contribution >= 0.6 is 12.6 Å². The smallest absolute Gasteiger partial charge is 0.408 e. The zero-order valence-electron chi connectivity index (χ0n) is 25.3. The third kappa shape index (κ3) is 10.1. The first-order chi connectivity index (χ1) is 20.1. The molecule has 0 saturated heterocycles. The van der Waals surface area contributed by atoms with Crippen LogP contribution in [0.5, 0.6) is 0 Å². The van der Waals surface area contributed by atoms with Gasteiger partial charge >= 0.3 is 6.09 Å². The van der Waals surface area contributed by atoms with Crippen molar-refractivity contribution in [3.8, 4) is 0 Å². The van der Waals surface area contributed by atoms with Gasteiger partial charge in [0.15, 0.2) is 0 Å². The number of unbranched alkanes of at least 4 members (excludes halogenated alkanes) is 5. The highest BCUT2D eigenvalue weighted by atomic mass is 32.1. The molecule has 0 bridgehead atoms. The summed E-state index contributed by atoms with van der Waals surface area (Å²) in [4.78, 5) is 42.4. The molecular weight excluding hydrogens is 546 g/mol. The Labute approximate surface area is 255 Å². The van der Waals surface area contributed by atoms with Gasteiger partial charge < -0.3 is 20.3 Å². The second-order valence-corrected chi connectivity index (χ2v) is 11.9. The first kappa shape index (κ1) is 33.0.